The van der Waals surface area contributed by atoms with Crippen LogP contribution in [0.3, 0.4) is 0 Å². The van der Waals surface area contributed by atoms with Gasteiger partial charge in [0.25, 0.3) is 5.91 Å². The number of aromatic amines is 2. The van der Waals surface area contributed by atoms with Gasteiger partial charge in [0.15, 0.2) is 11.3 Å². The first-order valence-electron chi connectivity index (χ1n) is 7.43. The van der Waals surface area contributed by atoms with E-state index < -0.39 is 0 Å². The number of aromatic nitrogens is 5. The zero-order valence-corrected chi connectivity index (χ0v) is 12.9. The first-order valence-corrected chi connectivity index (χ1v) is 7.43. The first-order chi connectivity index (χ1) is 11.7. The topological polar surface area (TPSA) is 99.3 Å². The Morgan fingerprint density at radius 1 is 1.17 bits per heavy atom. The molecule has 0 fully saturated rings. The molecule has 0 aliphatic heterocycles. The maximum atomic E-state index is 12.1. The predicted octanol–water partition coefficient (Wildman–Crippen LogP) is 2.91. The summed E-state index contributed by atoms with van der Waals surface area (Å²) in [6.45, 7) is 1.84. The van der Waals surface area contributed by atoms with E-state index >= 15 is 0 Å². The Bertz CT molecular complexity index is 1020. The Kier molecular flexibility index (Phi) is 3.31. The van der Waals surface area contributed by atoms with E-state index in [9.17, 15) is 4.79 Å². The molecule has 0 saturated carbocycles. The SMILES string of the molecule is Cc1cc(C(=O)Nc2cnc3nc(-c4ccccc4)[nH]c3c2)n[nH]1. The highest BCUT2D eigenvalue weighted by molar-refractivity contribution is 6.03. The van der Waals surface area contributed by atoms with Crippen molar-refractivity contribution in [2.24, 2.45) is 0 Å². The van der Waals surface area contributed by atoms with Crippen LogP contribution in [-0.2, 0) is 0 Å². The molecule has 0 aliphatic carbocycles. The summed E-state index contributed by atoms with van der Waals surface area (Å²) in [4.78, 5) is 24.1. The molecule has 1 aromatic carbocycles. The zero-order chi connectivity index (χ0) is 16.5. The molecule has 3 N–H and O–H groups in total. The van der Waals surface area contributed by atoms with Crippen LogP contribution in [0.5, 0.6) is 0 Å². The Morgan fingerprint density at radius 3 is 2.75 bits per heavy atom. The third-order valence-corrected chi connectivity index (χ3v) is 3.58. The highest BCUT2D eigenvalue weighted by Crippen LogP contribution is 2.21. The monoisotopic (exact) mass is 318 g/mol. The van der Waals surface area contributed by atoms with Gasteiger partial charge >= 0.3 is 0 Å². The van der Waals surface area contributed by atoms with E-state index in [4.69, 9.17) is 0 Å². The fourth-order valence-corrected chi connectivity index (χ4v) is 2.43. The quantitative estimate of drug-likeness (QED) is 0.541. The van der Waals surface area contributed by atoms with Gasteiger partial charge < -0.3 is 10.3 Å². The van der Waals surface area contributed by atoms with E-state index in [-0.39, 0.29) is 5.91 Å². The summed E-state index contributed by atoms with van der Waals surface area (Å²) in [5.41, 5.74) is 4.08. The van der Waals surface area contributed by atoms with Crippen LogP contribution in [0.2, 0.25) is 0 Å². The smallest absolute Gasteiger partial charge is 0.276 e. The summed E-state index contributed by atoms with van der Waals surface area (Å²) < 4.78 is 0. The second kappa shape index (κ2) is 5.62. The number of aryl methyl sites for hydroxylation is 1. The van der Waals surface area contributed by atoms with Crippen LogP contribution in [0.4, 0.5) is 5.69 Å². The van der Waals surface area contributed by atoms with Crippen molar-refractivity contribution in [3.63, 3.8) is 0 Å². The Labute approximate surface area is 137 Å². The van der Waals surface area contributed by atoms with Gasteiger partial charge in [-0.15, -0.1) is 0 Å². The van der Waals surface area contributed by atoms with Crippen molar-refractivity contribution in [3.8, 4) is 11.4 Å². The van der Waals surface area contributed by atoms with Crippen LogP contribution in [0.15, 0.2) is 48.7 Å². The van der Waals surface area contributed by atoms with Crippen LogP contribution < -0.4 is 5.32 Å². The standard InChI is InChI=1S/C17H14N6O/c1-10-7-14(23-22-10)17(24)19-12-8-13-16(18-9-12)21-15(20-13)11-5-3-2-4-6-11/h2-9H,1H3,(H,19,24)(H,22,23)(H,18,20,21). The van der Waals surface area contributed by atoms with Gasteiger partial charge in [-0.1, -0.05) is 30.3 Å². The van der Waals surface area contributed by atoms with Crippen molar-refractivity contribution < 1.29 is 4.79 Å². The Hall–Kier alpha value is -3.48. The summed E-state index contributed by atoms with van der Waals surface area (Å²) in [7, 11) is 0. The molecule has 7 heteroatoms. The van der Waals surface area contributed by atoms with Crippen molar-refractivity contribution >= 4 is 22.8 Å². The first kappa shape index (κ1) is 14.1. The van der Waals surface area contributed by atoms with Crippen molar-refractivity contribution in [3.05, 3.63) is 60.0 Å². The van der Waals surface area contributed by atoms with E-state index in [0.717, 1.165) is 22.6 Å². The molecule has 0 saturated heterocycles. The van der Waals surface area contributed by atoms with E-state index in [1.165, 1.54) is 0 Å². The van der Waals surface area contributed by atoms with Gasteiger partial charge in [0.1, 0.15) is 5.82 Å². The number of carbonyl (C=O) groups is 1. The molecule has 0 bridgehead atoms. The fourth-order valence-electron chi connectivity index (χ4n) is 2.43. The van der Waals surface area contributed by atoms with Crippen LogP contribution >= 0.6 is 0 Å². The average Bonchev–Trinajstić information content (AvgIpc) is 3.21. The van der Waals surface area contributed by atoms with Gasteiger partial charge in [0.2, 0.25) is 0 Å². The summed E-state index contributed by atoms with van der Waals surface area (Å²) in [5.74, 6) is 0.452. The highest BCUT2D eigenvalue weighted by Gasteiger charge is 2.11. The third kappa shape index (κ3) is 2.63. The number of amides is 1. The summed E-state index contributed by atoms with van der Waals surface area (Å²) >= 11 is 0. The lowest BCUT2D eigenvalue weighted by molar-refractivity contribution is 0.102. The Morgan fingerprint density at radius 2 is 2.00 bits per heavy atom. The molecule has 1 amide bonds. The molecule has 7 nitrogen and oxygen atoms in total. The number of pyridine rings is 1. The van der Waals surface area contributed by atoms with Crippen molar-refractivity contribution in [2.45, 2.75) is 6.92 Å². The zero-order valence-electron chi connectivity index (χ0n) is 12.9. The molecular formula is C17H14N6O. The molecular weight excluding hydrogens is 304 g/mol. The van der Waals surface area contributed by atoms with Crippen molar-refractivity contribution in [1.29, 1.82) is 0 Å². The number of rotatable bonds is 3. The normalized spacial score (nSPS) is 10.9. The molecule has 0 spiro atoms. The lowest BCUT2D eigenvalue weighted by atomic mass is 10.2. The molecule has 3 aromatic heterocycles. The molecule has 0 aliphatic rings. The number of hydrogen-bond donors (Lipinski definition) is 3. The number of nitrogens with one attached hydrogen (secondary N) is 3. The number of H-pyrrole nitrogens is 2. The number of nitrogens with zero attached hydrogens (tertiary/aromatic N) is 3. The molecule has 24 heavy (non-hydrogen) atoms. The lowest BCUT2D eigenvalue weighted by Gasteiger charge is -2.01. The molecule has 0 unspecified atom stereocenters. The maximum Gasteiger partial charge on any atom is 0.276 e. The molecule has 3 heterocycles. The molecule has 118 valence electrons. The highest BCUT2D eigenvalue weighted by atomic mass is 16.1. The maximum absolute atomic E-state index is 12.1. The largest absolute Gasteiger partial charge is 0.337 e. The van der Waals surface area contributed by atoms with Crippen LogP contribution in [0.1, 0.15) is 16.2 Å². The summed E-state index contributed by atoms with van der Waals surface area (Å²) in [5, 5.41) is 9.47. The summed E-state index contributed by atoms with van der Waals surface area (Å²) in [6, 6.07) is 13.3. The minimum atomic E-state index is -0.289. The van der Waals surface area contributed by atoms with Gasteiger partial charge in [-0.2, -0.15) is 5.10 Å². The molecule has 0 atom stereocenters. The van der Waals surface area contributed by atoms with Gasteiger partial charge in [0, 0.05) is 11.3 Å². The van der Waals surface area contributed by atoms with E-state index in [1.54, 1.807) is 18.3 Å². The van der Waals surface area contributed by atoms with Crippen LogP contribution in [0.25, 0.3) is 22.6 Å². The predicted molar refractivity (Wildman–Crippen MR) is 90.6 cm³/mol. The van der Waals surface area contributed by atoms with Crippen molar-refractivity contribution in [1.82, 2.24) is 25.1 Å². The van der Waals surface area contributed by atoms with Gasteiger partial charge in [-0.25, -0.2) is 9.97 Å². The van der Waals surface area contributed by atoms with E-state index in [1.807, 2.05) is 37.3 Å². The Balaban J connectivity index is 1.62. The number of fused-ring (bicyclic) bond motifs is 1. The minimum Gasteiger partial charge on any atom is -0.337 e. The van der Waals surface area contributed by atoms with Crippen molar-refractivity contribution in [2.75, 3.05) is 5.32 Å². The lowest BCUT2D eigenvalue weighted by Crippen LogP contribution is -2.12. The van der Waals surface area contributed by atoms with Crippen LogP contribution in [-0.4, -0.2) is 31.1 Å². The molecule has 4 rings (SSSR count). The van der Waals surface area contributed by atoms with Gasteiger partial charge in [-0.05, 0) is 19.1 Å². The molecule has 4 aromatic rings. The van der Waals surface area contributed by atoms with E-state index in [0.29, 0.717) is 17.0 Å². The van der Waals surface area contributed by atoms with Crippen LogP contribution in [0, 0.1) is 6.92 Å². The second-order valence-corrected chi connectivity index (χ2v) is 5.44. The number of carbonyl (C=O) groups excluding carboxylic acids is 1. The average molecular weight is 318 g/mol. The minimum absolute atomic E-state index is 0.289. The molecule has 0 radical (unpaired) electrons. The van der Waals surface area contributed by atoms with Gasteiger partial charge in [-0.3, -0.25) is 9.89 Å². The van der Waals surface area contributed by atoms with E-state index in [2.05, 4.69) is 30.5 Å². The number of imidazole rings is 1. The van der Waals surface area contributed by atoms with Gasteiger partial charge in [0.05, 0.1) is 17.4 Å². The second-order valence-electron chi connectivity index (χ2n) is 5.44. The number of benzene rings is 1. The number of anilines is 1. The third-order valence-electron chi connectivity index (χ3n) is 3.58. The fraction of sp³-hybridized carbons (Fsp3) is 0.0588. The summed E-state index contributed by atoms with van der Waals surface area (Å²) in [6.07, 6.45) is 1.58. The number of hydrogen-bond acceptors (Lipinski definition) is 4.